The monoisotopic (exact) mass is 687 g/mol. The molecule has 0 bridgehead atoms. The van der Waals surface area contributed by atoms with Crippen molar-refractivity contribution in [2.24, 2.45) is 0 Å². The number of carbonyl (C=O) groups excluding carboxylic acids is 1. The highest BCUT2D eigenvalue weighted by Crippen LogP contribution is 2.38. The van der Waals surface area contributed by atoms with Gasteiger partial charge >= 0.3 is 0 Å². The Labute approximate surface area is 289 Å². The van der Waals surface area contributed by atoms with Gasteiger partial charge < -0.3 is 35.3 Å². The number of aliphatic hydroxyl groups is 1. The lowest BCUT2D eigenvalue weighted by molar-refractivity contribution is -0.111. The molecule has 4 aromatic rings. The highest BCUT2D eigenvalue weighted by atomic mass is 35.5. The van der Waals surface area contributed by atoms with Crippen molar-refractivity contribution in [3.63, 3.8) is 0 Å². The maximum Gasteiger partial charge on any atom is 0.248 e. The molecule has 12 heteroatoms. The summed E-state index contributed by atoms with van der Waals surface area (Å²) in [5, 5.41) is 29.3. The van der Waals surface area contributed by atoms with Gasteiger partial charge in [-0.25, -0.2) is 4.39 Å². The van der Waals surface area contributed by atoms with E-state index < -0.39 is 0 Å². The summed E-state index contributed by atoms with van der Waals surface area (Å²) in [5.74, 6) is 0.175. The topological polar surface area (TPSA) is 138 Å². The third-order valence-corrected chi connectivity index (χ3v) is 8.10. The summed E-state index contributed by atoms with van der Waals surface area (Å²) in [6.07, 6.45) is 9.09. The fraction of sp³-hybridized carbons (Fsp3) is 0.324. The molecule has 49 heavy (non-hydrogen) atoms. The van der Waals surface area contributed by atoms with E-state index in [1.54, 1.807) is 48.5 Å². The zero-order valence-corrected chi connectivity index (χ0v) is 27.8. The van der Waals surface area contributed by atoms with Crippen molar-refractivity contribution in [1.82, 2.24) is 10.3 Å². The molecule has 1 fully saturated rings. The zero-order valence-electron chi connectivity index (χ0n) is 27.0. The van der Waals surface area contributed by atoms with Crippen LogP contribution >= 0.6 is 11.6 Å². The van der Waals surface area contributed by atoms with Gasteiger partial charge in [0.15, 0.2) is 0 Å². The lowest BCUT2D eigenvalue weighted by Crippen LogP contribution is -2.18. The Bertz CT molecular complexity index is 1810. The number of nitrogens with zero attached hydrogens (tertiary/aromatic N) is 2. The standard InChI is InChI=1S/C37H39ClFN5O5/c38-31-18-28(10-11-34(31)48-23-25-7-5-8-27(39)17-25)43-37-26(21-40)22-42-32-20-35(49-29-12-16-47-24-29)33(19-30(32)37)44-36(46)9-6-14-41-13-3-1-2-4-15-45/h5-11,17-20,22,29,41,45H,1-4,12-16,23-24H2,(H,42,43)(H,44,46)/t29-/m0/s1. The predicted molar refractivity (Wildman–Crippen MR) is 188 cm³/mol. The number of unbranched alkanes of at least 4 members (excludes halogenated alkanes) is 3. The van der Waals surface area contributed by atoms with Crippen molar-refractivity contribution in [2.45, 2.75) is 44.8 Å². The van der Waals surface area contributed by atoms with Gasteiger partial charge in [0, 0.05) is 49.0 Å². The molecule has 3 aromatic carbocycles. The van der Waals surface area contributed by atoms with Crippen molar-refractivity contribution in [3.05, 3.63) is 94.9 Å². The molecule has 0 aliphatic carbocycles. The SMILES string of the molecule is N#Cc1cnc2cc(O[C@H]3CCOC3)c(NC(=O)C=CCNCCCCCCO)cc2c1Nc1ccc(OCc2cccc(F)c2)c(Cl)c1. The lowest BCUT2D eigenvalue weighted by Gasteiger charge is -2.19. The summed E-state index contributed by atoms with van der Waals surface area (Å²) < 4.78 is 31.1. The number of ether oxygens (including phenoxy) is 3. The molecule has 2 heterocycles. The average molecular weight is 688 g/mol. The summed E-state index contributed by atoms with van der Waals surface area (Å²) in [4.78, 5) is 17.5. The lowest BCUT2D eigenvalue weighted by atomic mass is 10.1. The van der Waals surface area contributed by atoms with E-state index in [2.05, 4.69) is 27.0 Å². The van der Waals surface area contributed by atoms with E-state index in [0.717, 1.165) is 32.2 Å². The number of aromatic nitrogens is 1. The van der Waals surface area contributed by atoms with Gasteiger partial charge in [-0.15, -0.1) is 0 Å². The molecule has 1 saturated heterocycles. The Kier molecular flexibility index (Phi) is 13.2. The van der Waals surface area contributed by atoms with E-state index in [-0.39, 0.29) is 36.6 Å². The van der Waals surface area contributed by atoms with Gasteiger partial charge in [0.05, 0.1) is 40.7 Å². The number of nitrogens with one attached hydrogen (secondary N) is 3. The van der Waals surface area contributed by atoms with Gasteiger partial charge in [-0.05, 0) is 61.3 Å². The minimum Gasteiger partial charge on any atom is -0.487 e. The van der Waals surface area contributed by atoms with Gasteiger partial charge in [0.2, 0.25) is 5.91 Å². The van der Waals surface area contributed by atoms with Crippen molar-refractivity contribution in [2.75, 3.05) is 43.5 Å². The molecule has 0 unspecified atom stereocenters. The molecule has 0 radical (unpaired) electrons. The minimum absolute atomic E-state index is 0.140. The Hall–Kier alpha value is -4.73. The van der Waals surface area contributed by atoms with Gasteiger partial charge in [0.1, 0.15) is 36.1 Å². The fourth-order valence-corrected chi connectivity index (χ4v) is 5.52. The summed E-state index contributed by atoms with van der Waals surface area (Å²) in [5.41, 5.74) is 2.98. The van der Waals surface area contributed by atoms with Gasteiger partial charge in [-0.1, -0.05) is 42.7 Å². The molecule has 1 aliphatic heterocycles. The van der Waals surface area contributed by atoms with E-state index in [0.29, 0.717) is 76.2 Å². The number of benzene rings is 3. The maximum absolute atomic E-state index is 13.6. The fourth-order valence-electron chi connectivity index (χ4n) is 5.29. The minimum atomic E-state index is -0.347. The second-order valence-corrected chi connectivity index (χ2v) is 12.0. The van der Waals surface area contributed by atoms with Crippen LogP contribution in [-0.2, 0) is 16.1 Å². The number of nitriles is 1. The first kappa shape index (κ1) is 35.6. The summed E-state index contributed by atoms with van der Waals surface area (Å²) in [6, 6.07) is 16.9. The van der Waals surface area contributed by atoms with Crippen molar-refractivity contribution in [1.29, 1.82) is 5.26 Å². The second kappa shape index (κ2) is 18.1. The van der Waals surface area contributed by atoms with E-state index in [1.165, 1.54) is 24.4 Å². The normalized spacial score (nSPS) is 14.2. The average Bonchev–Trinajstić information content (AvgIpc) is 3.61. The zero-order chi connectivity index (χ0) is 34.4. The quantitative estimate of drug-likeness (QED) is 0.0681. The smallest absolute Gasteiger partial charge is 0.248 e. The van der Waals surface area contributed by atoms with E-state index in [9.17, 15) is 14.4 Å². The molecule has 1 amide bonds. The van der Waals surface area contributed by atoms with Crippen molar-refractivity contribution >= 4 is 45.5 Å². The molecule has 0 saturated carbocycles. The first-order chi connectivity index (χ1) is 23.9. The molecule has 0 spiro atoms. The number of pyridine rings is 1. The van der Waals surface area contributed by atoms with E-state index in [1.807, 2.05) is 0 Å². The molecule has 256 valence electrons. The highest BCUT2D eigenvalue weighted by molar-refractivity contribution is 6.32. The number of hydrogen-bond donors (Lipinski definition) is 4. The number of carbonyl (C=O) groups is 1. The molecule has 1 aromatic heterocycles. The third-order valence-electron chi connectivity index (χ3n) is 7.81. The number of fused-ring (bicyclic) bond motifs is 1. The van der Waals surface area contributed by atoms with Crippen LogP contribution in [0.3, 0.4) is 0 Å². The first-order valence-corrected chi connectivity index (χ1v) is 16.7. The summed E-state index contributed by atoms with van der Waals surface area (Å²) in [6.45, 7) is 2.75. The highest BCUT2D eigenvalue weighted by Gasteiger charge is 2.21. The molecule has 1 aliphatic rings. The van der Waals surface area contributed by atoms with Crippen LogP contribution in [0.25, 0.3) is 10.9 Å². The van der Waals surface area contributed by atoms with Crippen LogP contribution in [0.4, 0.5) is 21.5 Å². The van der Waals surface area contributed by atoms with Gasteiger partial charge in [-0.2, -0.15) is 5.26 Å². The maximum atomic E-state index is 13.6. The second-order valence-electron chi connectivity index (χ2n) is 11.6. The number of halogens is 2. The summed E-state index contributed by atoms with van der Waals surface area (Å²) >= 11 is 6.55. The molecular weight excluding hydrogens is 649 g/mol. The Balaban J connectivity index is 1.34. The van der Waals surface area contributed by atoms with Crippen LogP contribution in [-0.4, -0.2) is 55.0 Å². The van der Waals surface area contributed by atoms with Gasteiger partial charge in [0.25, 0.3) is 0 Å². The van der Waals surface area contributed by atoms with Crippen LogP contribution in [0.2, 0.25) is 5.02 Å². The van der Waals surface area contributed by atoms with Gasteiger partial charge in [-0.3, -0.25) is 9.78 Å². The largest absolute Gasteiger partial charge is 0.487 e. The van der Waals surface area contributed by atoms with Crippen LogP contribution in [0.15, 0.2) is 72.9 Å². The van der Waals surface area contributed by atoms with E-state index >= 15 is 0 Å². The van der Waals surface area contributed by atoms with Crippen LogP contribution in [0, 0.1) is 17.1 Å². The number of rotatable bonds is 17. The Morgan fingerprint density at radius 3 is 2.80 bits per heavy atom. The molecule has 5 rings (SSSR count). The third kappa shape index (κ3) is 10.4. The summed E-state index contributed by atoms with van der Waals surface area (Å²) in [7, 11) is 0. The van der Waals surface area contributed by atoms with Crippen LogP contribution in [0.5, 0.6) is 11.5 Å². The van der Waals surface area contributed by atoms with Crippen LogP contribution in [0.1, 0.15) is 43.2 Å². The number of aliphatic hydroxyl groups excluding tert-OH is 1. The van der Waals surface area contributed by atoms with Crippen LogP contribution < -0.4 is 25.4 Å². The van der Waals surface area contributed by atoms with Crippen molar-refractivity contribution in [3.8, 4) is 17.6 Å². The number of anilines is 3. The number of amides is 1. The first-order valence-electron chi connectivity index (χ1n) is 16.3. The Morgan fingerprint density at radius 2 is 2.02 bits per heavy atom. The van der Waals surface area contributed by atoms with E-state index in [4.69, 9.17) is 30.9 Å². The molecule has 4 N–H and O–H groups in total. The predicted octanol–water partition coefficient (Wildman–Crippen LogP) is 7.03. The van der Waals surface area contributed by atoms with Crippen molar-refractivity contribution < 1.29 is 28.5 Å². The number of hydrogen-bond acceptors (Lipinski definition) is 9. The molecule has 1 atom stereocenters. The molecular formula is C37H39ClFN5O5. The Morgan fingerprint density at radius 1 is 1.14 bits per heavy atom. The molecule has 10 nitrogen and oxygen atoms in total.